The normalized spacial score (nSPS) is 11.2. The lowest BCUT2D eigenvalue weighted by molar-refractivity contribution is 0.142. The van der Waals surface area contributed by atoms with Gasteiger partial charge in [0.15, 0.2) is 28.2 Å². The monoisotopic (exact) mass is 591 g/mol. The van der Waals surface area contributed by atoms with Crippen molar-refractivity contribution in [2.24, 2.45) is 0 Å². The minimum Gasteiger partial charge on any atom is -0.493 e. The largest absolute Gasteiger partial charge is 0.493 e. The number of tetrazole rings is 1. The first-order chi connectivity index (χ1) is 20.4. The van der Waals surface area contributed by atoms with Gasteiger partial charge < -0.3 is 18.9 Å². The Kier molecular flexibility index (Phi) is 8.44. The predicted molar refractivity (Wildman–Crippen MR) is 149 cm³/mol. The van der Waals surface area contributed by atoms with E-state index >= 15 is 0 Å². The molecule has 16 heteroatoms. The number of aryl methyl sites for hydroxylation is 1. The molecule has 0 aliphatic rings. The summed E-state index contributed by atoms with van der Waals surface area (Å²) in [5.74, 6) is 0.617. The van der Waals surface area contributed by atoms with E-state index in [9.17, 15) is 8.42 Å². The molecule has 216 valence electrons. The van der Waals surface area contributed by atoms with Gasteiger partial charge >= 0.3 is 0 Å². The molecule has 0 unspecified atom stereocenters. The summed E-state index contributed by atoms with van der Waals surface area (Å²) >= 11 is 0. The number of methoxy groups -OCH3 is 2. The second-order valence-corrected chi connectivity index (χ2v) is 10.2. The number of anilines is 1. The summed E-state index contributed by atoms with van der Waals surface area (Å²) in [6.45, 7) is 2.10. The van der Waals surface area contributed by atoms with Crippen molar-refractivity contribution in [3.63, 3.8) is 0 Å². The molecule has 0 aliphatic heterocycles. The molecule has 5 aromatic rings. The Morgan fingerprint density at radius 1 is 0.952 bits per heavy atom. The molecule has 1 aromatic carbocycles. The van der Waals surface area contributed by atoms with Crippen LogP contribution in [0.4, 0.5) is 5.82 Å². The van der Waals surface area contributed by atoms with E-state index in [1.54, 1.807) is 49.4 Å². The number of nitrogens with zero attached hydrogens (tertiary/aromatic N) is 7. The van der Waals surface area contributed by atoms with Crippen molar-refractivity contribution >= 4 is 15.8 Å². The highest BCUT2D eigenvalue weighted by atomic mass is 32.2. The molecule has 0 atom stereocenters. The zero-order chi connectivity index (χ0) is 29.5. The highest BCUT2D eigenvalue weighted by Crippen LogP contribution is 2.41. The van der Waals surface area contributed by atoms with Gasteiger partial charge in [-0.3, -0.25) is 9.71 Å². The lowest BCUT2D eigenvalue weighted by Crippen LogP contribution is -2.17. The van der Waals surface area contributed by atoms with E-state index in [4.69, 9.17) is 18.9 Å². The third-order valence-electron chi connectivity index (χ3n) is 5.62. The van der Waals surface area contributed by atoms with Gasteiger partial charge in [-0.2, -0.15) is 18.6 Å². The first kappa shape index (κ1) is 28.3. The fraction of sp³-hybridized carbons (Fsp3) is 0.192. The standard InChI is InChI=1S/C26H25N9O6S/c1-16-8-9-21(28-15-16)42(36,37)33-25-22(41-20-7-5-4-6-19(20)39-3)26(40-13-12-38-2)30-23(29-25)17-10-11-27-18(14-17)24-31-34-35-32-24/h4-11,14-15H,12-13H2,1-3H3,(H,29,30,33)(H,31,32,34,35). The number of aromatic amines is 1. The minimum absolute atomic E-state index is 0.0598. The van der Waals surface area contributed by atoms with Crippen LogP contribution in [0.15, 0.2) is 66.0 Å². The average Bonchev–Trinajstić information content (AvgIpc) is 3.54. The quantitative estimate of drug-likeness (QED) is 0.202. The molecule has 0 saturated carbocycles. The predicted octanol–water partition coefficient (Wildman–Crippen LogP) is 3.05. The molecule has 42 heavy (non-hydrogen) atoms. The number of rotatable bonds is 12. The van der Waals surface area contributed by atoms with Gasteiger partial charge in [-0.15, -0.1) is 10.2 Å². The molecule has 0 amide bonds. The Morgan fingerprint density at radius 2 is 1.79 bits per heavy atom. The maximum absolute atomic E-state index is 13.5. The second kappa shape index (κ2) is 12.5. The van der Waals surface area contributed by atoms with Gasteiger partial charge in [-0.1, -0.05) is 18.2 Å². The molecule has 0 spiro atoms. The van der Waals surface area contributed by atoms with Crippen molar-refractivity contribution in [1.29, 1.82) is 0 Å². The van der Waals surface area contributed by atoms with E-state index in [0.717, 1.165) is 5.56 Å². The summed E-state index contributed by atoms with van der Waals surface area (Å²) in [6.07, 6.45) is 2.96. The Bertz CT molecular complexity index is 1770. The Hall–Kier alpha value is -5.22. The van der Waals surface area contributed by atoms with E-state index in [1.807, 2.05) is 0 Å². The number of para-hydroxylation sites is 2. The smallest absolute Gasteiger partial charge is 0.280 e. The summed E-state index contributed by atoms with van der Waals surface area (Å²) in [6, 6.07) is 13.1. The number of hydrogen-bond acceptors (Lipinski definition) is 13. The van der Waals surface area contributed by atoms with Gasteiger partial charge in [-0.25, -0.2) is 9.97 Å². The lowest BCUT2D eigenvalue weighted by atomic mass is 10.2. The number of sulfonamides is 1. The summed E-state index contributed by atoms with van der Waals surface area (Å²) in [7, 11) is -1.23. The van der Waals surface area contributed by atoms with E-state index in [2.05, 4.69) is 45.3 Å². The molecular formula is C26H25N9O6S. The first-order valence-corrected chi connectivity index (χ1v) is 13.9. The first-order valence-electron chi connectivity index (χ1n) is 12.4. The molecular weight excluding hydrogens is 566 g/mol. The van der Waals surface area contributed by atoms with Gasteiger partial charge in [0, 0.05) is 25.1 Å². The van der Waals surface area contributed by atoms with Gasteiger partial charge in [0.2, 0.25) is 11.6 Å². The van der Waals surface area contributed by atoms with Crippen molar-refractivity contribution < 1.29 is 27.4 Å². The van der Waals surface area contributed by atoms with E-state index in [-0.39, 0.29) is 53.1 Å². The summed E-state index contributed by atoms with van der Waals surface area (Å²) in [5.41, 5.74) is 1.63. The van der Waals surface area contributed by atoms with Crippen LogP contribution < -0.4 is 18.9 Å². The van der Waals surface area contributed by atoms with Gasteiger partial charge in [0.05, 0.1) is 13.7 Å². The van der Waals surface area contributed by atoms with E-state index in [0.29, 0.717) is 17.0 Å². The number of benzene rings is 1. The van der Waals surface area contributed by atoms with Crippen molar-refractivity contribution in [3.8, 4) is 46.0 Å². The fourth-order valence-corrected chi connectivity index (χ4v) is 4.54. The van der Waals surface area contributed by atoms with Crippen LogP contribution in [-0.2, 0) is 14.8 Å². The van der Waals surface area contributed by atoms with Crippen LogP contribution in [0.25, 0.3) is 22.9 Å². The van der Waals surface area contributed by atoms with Crippen LogP contribution in [0.1, 0.15) is 5.56 Å². The van der Waals surface area contributed by atoms with Crippen LogP contribution in [0, 0.1) is 6.92 Å². The maximum Gasteiger partial charge on any atom is 0.280 e. The number of aromatic nitrogens is 8. The van der Waals surface area contributed by atoms with Gasteiger partial charge in [-0.05, 0) is 48.0 Å². The van der Waals surface area contributed by atoms with Gasteiger partial charge in [0.25, 0.3) is 15.9 Å². The number of H-pyrrole nitrogens is 1. The Morgan fingerprint density at radius 3 is 2.50 bits per heavy atom. The molecule has 0 bridgehead atoms. The SMILES string of the molecule is COCCOc1nc(-c2ccnc(-c3nn[nH]n3)c2)nc(NS(=O)(=O)c2ccc(C)cn2)c1Oc1ccccc1OC. The van der Waals surface area contributed by atoms with Crippen LogP contribution >= 0.6 is 0 Å². The topological polar surface area (TPSA) is 189 Å². The molecule has 2 N–H and O–H groups in total. The van der Waals surface area contributed by atoms with Crippen molar-refractivity contribution in [2.75, 3.05) is 32.2 Å². The molecule has 0 fully saturated rings. The molecule has 15 nitrogen and oxygen atoms in total. The highest BCUT2D eigenvalue weighted by Gasteiger charge is 2.26. The lowest BCUT2D eigenvalue weighted by Gasteiger charge is -2.18. The van der Waals surface area contributed by atoms with E-state index in [1.165, 1.54) is 32.7 Å². The summed E-state index contributed by atoms with van der Waals surface area (Å²) < 4.78 is 52.0. The number of hydrogen-bond donors (Lipinski definition) is 2. The third kappa shape index (κ3) is 6.39. The minimum atomic E-state index is -4.23. The molecule has 0 saturated heterocycles. The summed E-state index contributed by atoms with van der Waals surface area (Å²) in [4.78, 5) is 17.4. The van der Waals surface area contributed by atoms with Gasteiger partial charge in [0.1, 0.15) is 12.3 Å². The van der Waals surface area contributed by atoms with Crippen LogP contribution in [0.5, 0.6) is 23.1 Å². The Labute approximate surface area is 240 Å². The maximum atomic E-state index is 13.5. The van der Waals surface area contributed by atoms with Crippen LogP contribution in [0.2, 0.25) is 0 Å². The fourth-order valence-electron chi connectivity index (χ4n) is 3.61. The molecule has 0 radical (unpaired) electrons. The molecule has 4 aromatic heterocycles. The Balaban J connectivity index is 1.67. The molecule has 0 aliphatic carbocycles. The third-order valence-corrected chi connectivity index (χ3v) is 6.88. The van der Waals surface area contributed by atoms with Crippen molar-refractivity contribution in [2.45, 2.75) is 11.9 Å². The number of nitrogens with one attached hydrogen (secondary N) is 2. The van der Waals surface area contributed by atoms with Crippen LogP contribution in [-0.4, -0.2) is 76.4 Å². The van der Waals surface area contributed by atoms with Crippen LogP contribution in [0.3, 0.4) is 0 Å². The molecule has 5 rings (SSSR count). The van der Waals surface area contributed by atoms with Crippen molar-refractivity contribution in [1.82, 2.24) is 40.6 Å². The second-order valence-electron chi connectivity index (χ2n) is 8.57. The number of ether oxygens (including phenoxy) is 4. The summed E-state index contributed by atoms with van der Waals surface area (Å²) in [5, 5.41) is 13.6. The zero-order valence-electron chi connectivity index (χ0n) is 22.7. The number of pyridine rings is 2. The van der Waals surface area contributed by atoms with E-state index < -0.39 is 10.0 Å². The highest BCUT2D eigenvalue weighted by molar-refractivity contribution is 7.92. The molecule has 4 heterocycles. The zero-order valence-corrected chi connectivity index (χ0v) is 23.5. The van der Waals surface area contributed by atoms with Crippen molar-refractivity contribution in [3.05, 3.63) is 66.5 Å². The average molecular weight is 592 g/mol.